The van der Waals surface area contributed by atoms with E-state index in [0.29, 0.717) is 12.2 Å². The van der Waals surface area contributed by atoms with Crippen molar-refractivity contribution in [3.05, 3.63) is 94.5 Å². The number of amides is 1. The molecule has 5 nitrogen and oxygen atoms in total. The predicted octanol–water partition coefficient (Wildman–Crippen LogP) is 4.40. The van der Waals surface area contributed by atoms with Crippen LogP contribution in [0.3, 0.4) is 0 Å². The van der Waals surface area contributed by atoms with Crippen LogP contribution < -0.4 is 9.62 Å². The van der Waals surface area contributed by atoms with Crippen molar-refractivity contribution in [2.75, 3.05) is 11.4 Å². The maximum atomic E-state index is 12.7. The third kappa shape index (κ3) is 4.78. The van der Waals surface area contributed by atoms with E-state index in [4.69, 9.17) is 11.6 Å². The Labute approximate surface area is 176 Å². The SMILES string of the molecule is Cc1ccc(CNC(=O)c2ccc(N(C)S(=O)(=O)c3ccccc3)cc2Cl)cc1. The second kappa shape index (κ2) is 8.68. The maximum absolute atomic E-state index is 12.7. The third-order valence-corrected chi connectivity index (χ3v) is 6.65. The van der Waals surface area contributed by atoms with E-state index in [9.17, 15) is 13.2 Å². The van der Waals surface area contributed by atoms with Crippen LogP contribution in [0, 0.1) is 6.92 Å². The second-order valence-electron chi connectivity index (χ2n) is 6.62. The molecule has 29 heavy (non-hydrogen) atoms. The molecule has 1 N–H and O–H groups in total. The summed E-state index contributed by atoms with van der Waals surface area (Å²) in [5.41, 5.74) is 2.78. The molecule has 0 saturated heterocycles. The van der Waals surface area contributed by atoms with E-state index in [1.807, 2.05) is 31.2 Å². The third-order valence-electron chi connectivity index (χ3n) is 4.54. The van der Waals surface area contributed by atoms with Gasteiger partial charge in [0.2, 0.25) is 0 Å². The van der Waals surface area contributed by atoms with Gasteiger partial charge in [-0.3, -0.25) is 9.10 Å². The van der Waals surface area contributed by atoms with Crippen LogP contribution in [0.5, 0.6) is 0 Å². The molecular weight excluding hydrogens is 408 g/mol. The standard InChI is InChI=1S/C22H21ClN2O3S/c1-16-8-10-17(11-9-16)15-24-22(26)20-13-12-18(14-21(20)23)25(2)29(27,28)19-6-4-3-5-7-19/h3-14H,15H2,1-2H3,(H,24,26). The van der Waals surface area contributed by atoms with Gasteiger partial charge in [-0.25, -0.2) is 8.42 Å². The predicted molar refractivity (Wildman–Crippen MR) is 116 cm³/mol. The summed E-state index contributed by atoms with van der Waals surface area (Å²) in [5, 5.41) is 3.00. The molecule has 7 heteroatoms. The number of halogens is 1. The first-order valence-electron chi connectivity index (χ1n) is 8.96. The van der Waals surface area contributed by atoms with Crippen molar-refractivity contribution in [3.8, 4) is 0 Å². The molecular formula is C22H21ClN2O3S. The lowest BCUT2D eigenvalue weighted by molar-refractivity contribution is 0.0951. The minimum Gasteiger partial charge on any atom is -0.348 e. The highest BCUT2D eigenvalue weighted by atomic mass is 35.5. The van der Waals surface area contributed by atoms with Crippen LogP contribution in [0.1, 0.15) is 21.5 Å². The van der Waals surface area contributed by atoms with Crippen LogP contribution in [0.25, 0.3) is 0 Å². The minimum absolute atomic E-state index is 0.179. The topological polar surface area (TPSA) is 66.5 Å². The fourth-order valence-corrected chi connectivity index (χ4v) is 4.23. The number of aryl methyl sites for hydroxylation is 1. The van der Waals surface area contributed by atoms with Gasteiger partial charge < -0.3 is 5.32 Å². The lowest BCUT2D eigenvalue weighted by atomic mass is 10.1. The Morgan fingerprint density at radius 2 is 1.66 bits per heavy atom. The number of hydrogen-bond acceptors (Lipinski definition) is 3. The van der Waals surface area contributed by atoms with Gasteiger partial charge in [0.1, 0.15) is 0 Å². The summed E-state index contributed by atoms with van der Waals surface area (Å²) in [6, 6.07) is 20.5. The molecule has 0 radical (unpaired) electrons. The van der Waals surface area contributed by atoms with Crippen LogP contribution >= 0.6 is 11.6 Å². The fourth-order valence-electron chi connectivity index (χ4n) is 2.76. The molecule has 3 aromatic rings. The molecule has 0 aliphatic rings. The van der Waals surface area contributed by atoms with E-state index in [1.165, 1.54) is 31.3 Å². The molecule has 0 aliphatic heterocycles. The first kappa shape index (κ1) is 20.9. The van der Waals surface area contributed by atoms with Crippen molar-refractivity contribution in [2.24, 2.45) is 0 Å². The summed E-state index contributed by atoms with van der Waals surface area (Å²) in [5.74, 6) is -0.323. The van der Waals surface area contributed by atoms with E-state index in [0.717, 1.165) is 15.4 Å². The number of rotatable bonds is 6. The van der Waals surface area contributed by atoms with Crippen molar-refractivity contribution in [2.45, 2.75) is 18.4 Å². The number of benzene rings is 3. The number of anilines is 1. The molecule has 0 saturated carbocycles. The Balaban J connectivity index is 1.75. The van der Waals surface area contributed by atoms with Gasteiger partial charge in [0.15, 0.2) is 0 Å². The zero-order valence-electron chi connectivity index (χ0n) is 16.1. The lowest BCUT2D eigenvalue weighted by Crippen LogP contribution is -2.27. The molecule has 3 rings (SSSR count). The summed E-state index contributed by atoms with van der Waals surface area (Å²) in [6.45, 7) is 2.37. The number of carbonyl (C=O) groups excluding carboxylic acids is 1. The molecule has 3 aromatic carbocycles. The molecule has 0 fully saturated rings. The van der Waals surface area contributed by atoms with Gasteiger partial charge in [-0.15, -0.1) is 0 Å². The Morgan fingerprint density at radius 1 is 1.00 bits per heavy atom. The quantitative estimate of drug-likeness (QED) is 0.632. The van der Waals surface area contributed by atoms with Crippen LogP contribution in [-0.4, -0.2) is 21.4 Å². The van der Waals surface area contributed by atoms with Crippen LogP contribution in [-0.2, 0) is 16.6 Å². The normalized spacial score (nSPS) is 11.1. The molecule has 0 aliphatic carbocycles. The zero-order chi connectivity index (χ0) is 21.0. The average Bonchev–Trinajstić information content (AvgIpc) is 2.73. The number of nitrogens with one attached hydrogen (secondary N) is 1. The van der Waals surface area contributed by atoms with Crippen molar-refractivity contribution >= 4 is 33.2 Å². The highest BCUT2D eigenvalue weighted by Crippen LogP contribution is 2.27. The molecule has 0 aromatic heterocycles. The highest BCUT2D eigenvalue weighted by Gasteiger charge is 2.22. The zero-order valence-corrected chi connectivity index (χ0v) is 17.7. The molecule has 0 spiro atoms. The Hall–Kier alpha value is -2.83. The molecule has 0 bridgehead atoms. The van der Waals surface area contributed by atoms with Gasteiger partial charge in [0, 0.05) is 13.6 Å². The van der Waals surface area contributed by atoms with Crippen LogP contribution in [0.2, 0.25) is 5.02 Å². The molecule has 1 amide bonds. The van der Waals surface area contributed by atoms with Crippen molar-refractivity contribution in [3.63, 3.8) is 0 Å². The number of sulfonamides is 1. The molecule has 0 unspecified atom stereocenters. The summed E-state index contributed by atoms with van der Waals surface area (Å²) >= 11 is 6.28. The second-order valence-corrected chi connectivity index (χ2v) is 8.99. The first-order valence-corrected chi connectivity index (χ1v) is 10.8. The number of nitrogens with zero attached hydrogens (tertiary/aromatic N) is 1. The van der Waals surface area contributed by atoms with E-state index in [2.05, 4.69) is 5.32 Å². The van der Waals surface area contributed by atoms with E-state index < -0.39 is 10.0 Å². The monoisotopic (exact) mass is 428 g/mol. The Bertz CT molecular complexity index is 1110. The van der Waals surface area contributed by atoms with E-state index in [-0.39, 0.29) is 21.4 Å². The van der Waals surface area contributed by atoms with Gasteiger partial charge in [0.05, 0.1) is 21.2 Å². The fraction of sp³-hybridized carbons (Fsp3) is 0.136. The largest absolute Gasteiger partial charge is 0.348 e. The summed E-state index contributed by atoms with van der Waals surface area (Å²) in [4.78, 5) is 12.7. The van der Waals surface area contributed by atoms with E-state index in [1.54, 1.807) is 24.3 Å². The van der Waals surface area contributed by atoms with Crippen LogP contribution in [0.4, 0.5) is 5.69 Å². The van der Waals surface area contributed by atoms with Gasteiger partial charge >= 0.3 is 0 Å². The van der Waals surface area contributed by atoms with Crippen molar-refractivity contribution < 1.29 is 13.2 Å². The first-order chi connectivity index (χ1) is 13.8. The van der Waals surface area contributed by atoms with Gasteiger partial charge in [-0.2, -0.15) is 0 Å². The molecule has 0 atom stereocenters. The smallest absolute Gasteiger partial charge is 0.264 e. The Morgan fingerprint density at radius 3 is 2.28 bits per heavy atom. The lowest BCUT2D eigenvalue weighted by Gasteiger charge is -2.20. The maximum Gasteiger partial charge on any atom is 0.264 e. The summed E-state index contributed by atoms with van der Waals surface area (Å²) in [6.07, 6.45) is 0. The van der Waals surface area contributed by atoms with Gasteiger partial charge in [-0.1, -0.05) is 59.6 Å². The number of carbonyl (C=O) groups is 1. The minimum atomic E-state index is -3.72. The van der Waals surface area contributed by atoms with Crippen molar-refractivity contribution in [1.82, 2.24) is 5.32 Å². The number of hydrogen-bond donors (Lipinski definition) is 1. The highest BCUT2D eigenvalue weighted by molar-refractivity contribution is 7.92. The van der Waals surface area contributed by atoms with Gasteiger partial charge in [-0.05, 0) is 42.8 Å². The summed E-state index contributed by atoms with van der Waals surface area (Å²) in [7, 11) is -2.27. The van der Waals surface area contributed by atoms with Crippen molar-refractivity contribution in [1.29, 1.82) is 0 Å². The van der Waals surface area contributed by atoms with Gasteiger partial charge in [0.25, 0.3) is 15.9 Å². The molecule has 150 valence electrons. The van der Waals surface area contributed by atoms with E-state index >= 15 is 0 Å². The Kier molecular flexibility index (Phi) is 6.25. The average molecular weight is 429 g/mol. The molecule has 0 heterocycles. The summed E-state index contributed by atoms with van der Waals surface area (Å²) < 4.78 is 26.6. The van der Waals surface area contributed by atoms with Crippen LogP contribution in [0.15, 0.2) is 77.7 Å².